The quantitative estimate of drug-likeness (QED) is 0.139. The van der Waals surface area contributed by atoms with E-state index in [2.05, 4.69) is 10.1 Å². The molecule has 5 N–H and O–H groups in total. The van der Waals surface area contributed by atoms with Gasteiger partial charge in [-0.1, -0.05) is 30.3 Å². The third-order valence-corrected chi connectivity index (χ3v) is 4.07. The minimum atomic E-state index is -2.97. The second-order valence-electron chi connectivity index (χ2n) is 6.90. The molecule has 0 aliphatic carbocycles. The standard InChI is InChI=1S/C14H18N2O5.C6H8O7.3Na/c1-21-14(20)11(7-9-5-3-2-4-6-9)16-13(19)10(15)8-12(17)18;7-3(8)1-6(13,5(11)12)2-4(9)10;;;/h2-6,10-11H,7-8,15H2,1H3,(H,16,19)(H,17,18);13H,1-2H2,(H,7,8)(H,9,10)(H,11,12);;;/q;;3*+1/p-3/t10-,11-;;;;/m0..../s1. The molecule has 1 aromatic rings. The van der Waals surface area contributed by atoms with Gasteiger partial charge in [0.1, 0.15) is 11.6 Å². The fraction of sp³-hybridized carbons (Fsp3) is 0.400. The largest absolute Gasteiger partial charge is 1.00 e. The van der Waals surface area contributed by atoms with Crippen LogP contribution in [0.4, 0.5) is 0 Å². The fourth-order valence-corrected chi connectivity index (χ4v) is 2.43. The van der Waals surface area contributed by atoms with Crippen LogP contribution in [0.2, 0.25) is 0 Å². The summed E-state index contributed by atoms with van der Waals surface area (Å²) in [6.07, 6.45) is -2.99. The predicted octanol–water partition coefficient (Wildman–Crippen LogP) is -14.6. The van der Waals surface area contributed by atoms with Crippen LogP contribution >= 0.6 is 0 Å². The maximum absolute atomic E-state index is 11.8. The Hall–Kier alpha value is -1.04. The third-order valence-electron chi connectivity index (χ3n) is 4.07. The summed E-state index contributed by atoms with van der Waals surface area (Å²) in [6.45, 7) is 0. The van der Waals surface area contributed by atoms with Crippen molar-refractivity contribution >= 4 is 35.8 Å². The van der Waals surface area contributed by atoms with Gasteiger partial charge in [0.05, 0.1) is 25.5 Å². The van der Waals surface area contributed by atoms with Gasteiger partial charge in [-0.15, -0.1) is 0 Å². The molecule has 17 heteroatoms. The Morgan fingerprint density at radius 1 is 0.973 bits per heavy atom. The first-order valence-electron chi connectivity index (χ1n) is 9.44. The number of methoxy groups -OCH3 is 1. The number of aliphatic carboxylic acids is 4. The van der Waals surface area contributed by atoms with Crippen molar-refractivity contribution in [3.05, 3.63) is 35.9 Å². The number of benzene rings is 1. The third kappa shape index (κ3) is 18.8. The van der Waals surface area contributed by atoms with Crippen LogP contribution in [-0.2, 0) is 39.9 Å². The molecule has 0 bridgehead atoms. The predicted molar refractivity (Wildman–Crippen MR) is 104 cm³/mol. The van der Waals surface area contributed by atoms with E-state index in [-0.39, 0.29) is 95.1 Å². The zero-order valence-corrected chi connectivity index (χ0v) is 26.9. The van der Waals surface area contributed by atoms with Gasteiger partial charge in [-0.2, -0.15) is 0 Å². The Kier molecular flexibility index (Phi) is 25.4. The number of carboxylic acid groups (broad SMARTS) is 4. The summed E-state index contributed by atoms with van der Waals surface area (Å²) in [5.41, 5.74) is 3.32. The topological polar surface area (TPSA) is 259 Å². The Morgan fingerprint density at radius 3 is 1.78 bits per heavy atom. The average Bonchev–Trinajstić information content (AvgIpc) is 2.72. The number of rotatable bonds is 12. The van der Waals surface area contributed by atoms with Crippen LogP contribution in [0.25, 0.3) is 0 Å². The van der Waals surface area contributed by atoms with Gasteiger partial charge in [0.25, 0.3) is 0 Å². The van der Waals surface area contributed by atoms with Crippen molar-refractivity contribution in [1.29, 1.82) is 0 Å². The molecule has 0 radical (unpaired) electrons. The number of hydrogen-bond acceptors (Lipinski definition) is 12. The zero-order chi connectivity index (χ0) is 26.5. The van der Waals surface area contributed by atoms with E-state index in [9.17, 15) is 44.1 Å². The molecule has 14 nitrogen and oxygen atoms in total. The Balaban J connectivity index is -0.000000299. The number of ether oxygens (including phenoxy) is 1. The smallest absolute Gasteiger partial charge is 0.550 e. The van der Waals surface area contributed by atoms with Crippen molar-refractivity contribution < 1.29 is 148 Å². The van der Waals surface area contributed by atoms with Crippen molar-refractivity contribution in [1.82, 2.24) is 5.32 Å². The van der Waals surface area contributed by atoms with E-state index in [1.807, 2.05) is 18.2 Å². The number of carbonyl (C=O) groups excluding carboxylic acids is 5. The monoisotopic (exact) mass is 552 g/mol. The maximum Gasteiger partial charge on any atom is 1.00 e. The number of aliphatic hydroxyl groups is 1. The van der Waals surface area contributed by atoms with Crippen LogP contribution in [-0.4, -0.2) is 70.8 Å². The van der Waals surface area contributed by atoms with Gasteiger partial charge >= 0.3 is 101 Å². The molecular weight excluding hydrogens is 529 g/mol. The van der Waals surface area contributed by atoms with E-state index in [0.29, 0.717) is 0 Å². The summed E-state index contributed by atoms with van der Waals surface area (Å²) in [5, 5.41) is 50.0. The van der Waals surface area contributed by atoms with Crippen LogP contribution in [0.15, 0.2) is 30.3 Å². The van der Waals surface area contributed by atoms with Gasteiger partial charge in [0.15, 0.2) is 0 Å². The van der Waals surface area contributed by atoms with Gasteiger partial charge in [0.2, 0.25) is 5.91 Å². The number of carbonyl (C=O) groups is 6. The van der Waals surface area contributed by atoms with Crippen molar-refractivity contribution in [3.63, 3.8) is 0 Å². The van der Waals surface area contributed by atoms with E-state index in [1.54, 1.807) is 12.1 Å². The molecule has 0 aliphatic heterocycles. The Morgan fingerprint density at radius 2 is 1.43 bits per heavy atom. The van der Waals surface area contributed by atoms with Gasteiger partial charge in [-0.05, 0) is 5.56 Å². The summed E-state index contributed by atoms with van der Waals surface area (Å²) >= 11 is 0. The number of amides is 1. The van der Waals surface area contributed by atoms with E-state index in [1.165, 1.54) is 7.11 Å². The molecule has 188 valence electrons. The van der Waals surface area contributed by atoms with Crippen LogP contribution in [0.5, 0.6) is 0 Å². The van der Waals surface area contributed by atoms with E-state index in [4.69, 9.17) is 15.9 Å². The normalized spacial score (nSPS) is 11.2. The zero-order valence-electron chi connectivity index (χ0n) is 20.9. The molecule has 0 fully saturated rings. The summed E-state index contributed by atoms with van der Waals surface area (Å²) in [4.78, 5) is 64.0. The number of carboxylic acids is 4. The van der Waals surface area contributed by atoms with Crippen molar-refractivity contribution in [2.45, 2.75) is 43.4 Å². The van der Waals surface area contributed by atoms with E-state index >= 15 is 0 Å². The van der Waals surface area contributed by atoms with Crippen LogP contribution in [0, 0.1) is 0 Å². The molecule has 0 spiro atoms. The number of nitrogens with two attached hydrogens (primary N) is 1. The Labute approximate surface area is 278 Å². The molecule has 1 amide bonds. The second-order valence-corrected chi connectivity index (χ2v) is 6.90. The molecule has 1 rings (SSSR count). The fourth-order valence-electron chi connectivity index (χ4n) is 2.43. The first-order valence-corrected chi connectivity index (χ1v) is 9.44. The number of hydrogen-bond donors (Lipinski definition) is 4. The molecule has 2 atom stereocenters. The molecule has 1 aromatic carbocycles. The molecule has 0 aliphatic rings. The van der Waals surface area contributed by atoms with Gasteiger partial charge < -0.3 is 55.7 Å². The molecule has 0 heterocycles. The SMILES string of the molecule is COC(=O)[C@H](Cc1ccccc1)NC(=O)[C@@H](N)CC(=O)O.O=C([O-])CC(O)(CC(=O)[O-])C(=O)[O-].[Na+].[Na+].[Na+]. The summed E-state index contributed by atoms with van der Waals surface area (Å²) in [5.74, 6) is -8.49. The van der Waals surface area contributed by atoms with Crippen molar-refractivity contribution in [2.75, 3.05) is 7.11 Å². The van der Waals surface area contributed by atoms with Crippen LogP contribution in [0.3, 0.4) is 0 Å². The molecule has 0 aromatic heterocycles. The molecule has 0 saturated heterocycles. The van der Waals surface area contributed by atoms with Crippen LogP contribution in [0.1, 0.15) is 24.8 Å². The van der Waals surface area contributed by atoms with E-state index < -0.39 is 72.7 Å². The minimum Gasteiger partial charge on any atom is -0.550 e. The second kappa shape index (κ2) is 21.8. The van der Waals surface area contributed by atoms with E-state index in [0.717, 1.165) is 5.56 Å². The Bertz CT molecular complexity index is 886. The van der Waals surface area contributed by atoms with Crippen LogP contribution < -0.4 is 115 Å². The first-order chi connectivity index (χ1) is 15.7. The van der Waals surface area contributed by atoms with Crippen molar-refractivity contribution in [3.8, 4) is 0 Å². The minimum absolute atomic E-state index is 0. The molecular formula is C20H23N2Na3O12. The number of esters is 1. The maximum atomic E-state index is 11.8. The summed E-state index contributed by atoms with van der Waals surface area (Å²) < 4.78 is 4.64. The summed E-state index contributed by atoms with van der Waals surface area (Å²) in [7, 11) is 1.21. The average molecular weight is 552 g/mol. The number of nitrogens with one attached hydrogen (secondary N) is 1. The first kappa shape index (κ1) is 43.0. The van der Waals surface area contributed by atoms with Gasteiger partial charge in [-0.3, -0.25) is 9.59 Å². The van der Waals surface area contributed by atoms with Crippen molar-refractivity contribution in [2.24, 2.45) is 5.73 Å². The summed E-state index contributed by atoms with van der Waals surface area (Å²) in [6, 6.07) is 6.93. The van der Waals surface area contributed by atoms with Gasteiger partial charge in [-0.25, -0.2) is 4.79 Å². The van der Waals surface area contributed by atoms with Gasteiger partial charge in [0, 0.05) is 31.2 Å². The molecule has 37 heavy (non-hydrogen) atoms. The molecule has 0 saturated carbocycles. The molecule has 0 unspecified atom stereocenters.